The molecule has 3 heterocycles. The summed E-state index contributed by atoms with van der Waals surface area (Å²) in [7, 11) is 0. The number of likely N-dealkylation sites (tertiary alicyclic amines) is 1. The molecule has 0 bridgehead atoms. The van der Waals surface area contributed by atoms with Gasteiger partial charge < -0.3 is 14.2 Å². The highest BCUT2D eigenvalue weighted by atomic mass is 19.1. The minimum atomic E-state index is -0.307. The molecule has 4 rings (SSSR count). The molecule has 0 saturated carbocycles. The molecule has 8 nitrogen and oxygen atoms in total. The van der Waals surface area contributed by atoms with E-state index in [1.807, 2.05) is 0 Å². The summed E-state index contributed by atoms with van der Waals surface area (Å²) in [6, 6.07) is 5.82. The normalized spacial score (nSPS) is 16.3. The molecule has 1 aromatic carbocycles. The summed E-state index contributed by atoms with van der Waals surface area (Å²) in [6.07, 6.45) is 5.71. The molecule has 1 amide bonds. The molecule has 1 atom stereocenters. The number of ether oxygens (including phenoxy) is 1. The highest BCUT2D eigenvalue weighted by molar-refractivity contribution is 5.92. The highest BCUT2D eigenvalue weighted by Gasteiger charge is 2.32. The summed E-state index contributed by atoms with van der Waals surface area (Å²) in [6.45, 7) is 1.46. The van der Waals surface area contributed by atoms with E-state index in [0.29, 0.717) is 49.3 Å². The van der Waals surface area contributed by atoms with Crippen molar-refractivity contribution >= 4 is 5.91 Å². The number of halogens is 1. The van der Waals surface area contributed by atoms with E-state index in [1.54, 1.807) is 17.0 Å². The Labute approximate surface area is 160 Å². The van der Waals surface area contributed by atoms with Crippen molar-refractivity contribution in [3.8, 4) is 5.75 Å². The average Bonchev–Trinajstić information content (AvgIpc) is 3.39. The second-order valence-electron chi connectivity index (χ2n) is 6.43. The Morgan fingerprint density at radius 1 is 1.29 bits per heavy atom. The van der Waals surface area contributed by atoms with Crippen LogP contribution in [0.5, 0.6) is 5.75 Å². The molecular weight excluding hydrogens is 365 g/mol. The number of carbonyl (C=O) groups excluding carboxylic acids is 1. The smallest absolute Gasteiger partial charge is 0.274 e. The minimum Gasteiger partial charge on any atom is -0.493 e. The van der Waals surface area contributed by atoms with Gasteiger partial charge in [-0.2, -0.15) is 4.98 Å². The molecule has 144 valence electrons. The molecule has 1 unspecified atom stereocenters. The summed E-state index contributed by atoms with van der Waals surface area (Å²) in [5.41, 5.74) is 0.326. The number of carbonyl (C=O) groups is 1. The molecule has 2 aromatic heterocycles. The van der Waals surface area contributed by atoms with Crippen LogP contribution in [0.1, 0.15) is 34.5 Å². The average molecular weight is 383 g/mol. The lowest BCUT2D eigenvalue weighted by atomic mass is 10.1. The van der Waals surface area contributed by atoms with Crippen molar-refractivity contribution in [3.05, 3.63) is 66.1 Å². The van der Waals surface area contributed by atoms with Gasteiger partial charge in [-0.25, -0.2) is 9.37 Å². The first kappa shape index (κ1) is 18.0. The van der Waals surface area contributed by atoms with Crippen LogP contribution in [-0.4, -0.2) is 50.6 Å². The maximum atomic E-state index is 12.9. The van der Waals surface area contributed by atoms with Crippen molar-refractivity contribution in [1.82, 2.24) is 25.0 Å². The summed E-state index contributed by atoms with van der Waals surface area (Å²) in [4.78, 5) is 26.6. The van der Waals surface area contributed by atoms with Crippen LogP contribution in [0.4, 0.5) is 4.39 Å². The van der Waals surface area contributed by atoms with Crippen LogP contribution in [-0.2, 0) is 6.42 Å². The van der Waals surface area contributed by atoms with Crippen molar-refractivity contribution in [2.75, 3.05) is 19.7 Å². The predicted molar refractivity (Wildman–Crippen MR) is 95.2 cm³/mol. The highest BCUT2D eigenvalue weighted by Crippen LogP contribution is 2.26. The summed E-state index contributed by atoms with van der Waals surface area (Å²) < 4.78 is 23.8. The first-order chi connectivity index (χ1) is 13.7. The fourth-order valence-electron chi connectivity index (χ4n) is 3.04. The first-order valence-electron chi connectivity index (χ1n) is 8.95. The monoisotopic (exact) mass is 383 g/mol. The SMILES string of the molecule is O=C(c1cnccn1)N1CCC(c2nc(CCOc3ccc(F)cc3)no2)C1. The molecule has 3 aromatic rings. The third-order valence-electron chi connectivity index (χ3n) is 4.50. The zero-order valence-corrected chi connectivity index (χ0v) is 15.0. The third kappa shape index (κ3) is 4.13. The lowest BCUT2D eigenvalue weighted by Crippen LogP contribution is -2.29. The Hall–Kier alpha value is -3.36. The number of aromatic nitrogens is 4. The number of amides is 1. The Kier molecular flexibility index (Phi) is 5.22. The molecule has 1 aliphatic heterocycles. The second-order valence-corrected chi connectivity index (χ2v) is 6.43. The van der Waals surface area contributed by atoms with Crippen LogP contribution in [0.15, 0.2) is 47.4 Å². The lowest BCUT2D eigenvalue weighted by Gasteiger charge is -2.14. The van der Waals surface area contributed by atoms with Crippen LogP contribution in [0, 0.1) is 5.82 Å². The molecule has 28 heavy (non-hydrogen) atoms. The van der Waals surface area contributed by atoms with Crippen LogP contribution in [0.25, 0.3) is 0 Å². The fourth-order valence-corrected chi connectivity index (χ4v) is 3.04. The quantitative estimate of drug-likeness (QED) is 0.644. The van der Waals surface area contributed by atoms with Gasteiger partial charge in [0, 0.05) is 31.9 Å². The van der Waals surface area contributed by atoms with Crippen molar-refractivity contribution < 1.29 is 18.4 Å². The van der Waals surface area contributed by atoms with Crippen molar-refractivity contribution in [3.63, 3.8) is 0 Å². The van der Waals surface area contributed by atoms with Gasteiger partial charge in [-0.1, -0.05) is 5.16 Å². The molecule has 0 N–H and O–H groups in total. The Bertz CT molecular complexity index is 932. The van der Waals surface area contributed by atoms with E-state index in [0.717, 1.165) is 6.42 Å². The number of hydrogen-bond acceptors (Lipinski definition) is 7. The van der Waals surface area contributed by atoms with Crippen LogP contribution in [0.3, 0.4) is 0 Å². The van der Waals surface area contributed by atoms with Gasteiger partial charge in [0.1, 0.15) is 17.3 Å². The zero-order chi connectivity index (χ0) is 19.3. The van der Waals surface area contributed by atoms with Gasteiger partial charge in [0.2, 0.25) is 5.89 Å². The van der Waals surface area contributed by atoms with E-state index in [-0.39, 0.29) is 17.6 Å². The maximum Gasteiger partial charge on any atom is 0.274 e. The van der Waals surface area contributed by atoms with Gasteiger partial charge in [-0.05, 0) is 30.7 Å². The van der Waals surface area contributed by atoms with Crippen LogP contribution < -0.4 is 4.74 Å². The summed E-state index contributed by atoms with van der Waals surface area (Å²) in [5.74, 6) is 1.18. The Morgan fingerprint density at radius 2 is 2.14 bits per heavy atom. The van der Waals surface area contributed by atoms with Gasteiger partial charge in [0.25, 0.3) is 5.91 Å². The van der Waals surface area contributed by atoms with Gasteiger partial charge in [0.05, 0.1) is 18.7 Å². The first-order valence-corrected chi connectivity index (χ1v) is 8.95. The van der Waals surface area contributed by atoms with Gasteiger partial charge in [-0.15, -0.1) is 0 Å². The molecule has 9 heteroatoms. The molecule has 0 aliphatic carbocycles. The Morgan fingerprint density at radius 3 is 2.93 bits per heavy atom. The Balaban J connectivity index is 1.29. The molecular formula is C19H18FN5O3. The fraction of sp³-hybridized carbons (Fsp3) is 0.316. The lowest BCUT2D eigenvalue weighted by molar-refractivity contribution is 0.0783. The number of hydrogen-bond donors (Lipinski definition) is 0. The standard InChI is InChI=1S/C19H18FN5O3/c20-14-1-3-15(4-2-14)27-10-6-17-23-18(28-24-17)13-5-9-25(12-13)19(26)16-11-21-7-8-22-16/h1-4,7-8,11,13H,5-6,9-10,12H2. The summed E-state index contributed by atoms with van der Waals surface area (Å²) >= 11 is 0. The summed E-state index contributed by atoms with van der Waals surface area (Å²) in [5, 5.41) is 3.98. The van der Waals surface area contributed by atoms with Gasteiger partial charge in [-0.3, -0.25) is 9.78 Å². The predicted octanol–water partition coefficient (Wildman–Crippen LogP) is 2.25. The van der Waals surface area contributed by atoms with E-state index >= 15 is 0 Å². The van der Waals surface area contributed by atoms with E-state index in [1.165, 1.54) is 30.7 Å². The number of nitrogens with zero attached hydrogens (tertiary/aromatic N) is 5. The van der Waals surface area contributed by atoms with Crippen molar-refractivity contribution in [2.24, 2.45) is 0 Å². The third-order valence-corrected chi connectivity index (χ3v) is 4.50. The molecule has 1 saturated heterocycles. The van der Waals surface area contributed by atoms with E-state index in [9.17, 15) is 9.18 Å². The molecule has 0 radical (unpaired) electrons. The van der Waals surface area contributed by atoms with Gasteiger partial charge >= 0.3 is 0 Å². The molecule has 1 fully saturated rings. The zero-order valence-electron chi connectivity index (χ0n) is 15.0. The van der Waals surface area contributed by atoms with Crippen molar-refractivity contribution in [2.45, 2.75) is 18.8 Å². The number of benzene rings is 1. The number of rotatable bonds is 6. The van der Waals surface area contributed by atoms with Crippen LogP contribution in [0.2, 0.25) is 0 Å². The van der Waals surface area contributed by atoms with Crippen molar-refractivity contribution in [1.29, 1.82) is 0 Å². The van der Waals surface area contributed by atoms with Crippen LogP contribution >= 0.6 is 0 Å². The second kappa shape index (κ2) is 8.12. The van der Waals surface area contributed by atoms with E-state index < -0.39 is 0 Å². The molecule has 1 aliphatic rings. The maximum absolute atomic E-state index is 12.9. The topological polar surface area (TPSA) is 94.2 Å². The molecule has 0 spiro atoms. The minimum absolute atomic E-state index is 0.000103. The van der Waals surface area contributed by atoms with E-state index in [4.69, 9.17) is 9.26 Å². The largest absolute Gasteiger partial charge is 0.493 e. The van der Waals surface area contributed by atoms with E-state index in [2.05, 4.69) is 20.1 Å². The van der Waals surface area contributed by atoms with Gasteiger partial charge in [0.15, 0.2) is 5.82 Å².